The molecule has 1 aromatic heterocycles. The Morgan fingerprint density at radius 1 is 1.19 bits per heavy atom. The summed E-state index contributed by atoms with van der Waals surface area (Å²) in [6.45, 7) is 7.74. The molecule has 1 aliphatic rings. The zero-order valence-corrected chi connectivity index (χ0v) is 20.4. The Balaban J connectivity index is 1.71. The lowest BCUT2D eigenvalue weighted by molar-refractivity contribution is -0.140. The third-order valence-corrected chi connectivity index (χ3v) is 6.18. The summed E-state index contributed by atoms with van der Waals surface area (Å²) in [5.74, 6) is 0.113. The van der Waals surface area contributed by atoms with Crippen LogP contribution in [0, 0.1) is 0 Å². The van der Waals surface area contributed by atoms with Crippen molar-refractivity contribution in [2.45, 2.75) is 70.9 Å². The fourth-order valence-electron chi connectivity index (χ4n) is 3.97. The SMILES string of the molecule is COC(=O)CCCCn1nc(C2CCN(C(=O)OC(C)(C)C)CC2)c2c(Br)cccc21. The van der Waals surface area contributed by atoms with E-state index in [4.69, 9.17) is 14.6 Å². The van der Waals surface area contributed by atoms with Crippen LogP contribution in [0.1, 0.15) is 64.5 Å². The zero-order valence-electron chi connectivity index (χ0n) is 18.8. The standard InChI is InChI=1S/C23H32BrN3O4/c1-23(2,3)31-22(29)26-14-11-16(12-15-26)21-20-17(24)8-7-9-18(20)27(25-21)13-6-5-10-19(28)30-4/h7-9,16H,5-6,10-15H2,1-4H3. The summed E-state index contributed by atoms with van der Waals surface area (Å²) in [6.07, 6.45) is 3.52. The van der Waals surface area contributed by atoms with Gasteiger partial charge in [-0.1, -0.05) is 22.0 Å². The molecule has 0 saturated carbocycles. The van der Waals surface area contributed by atoms with Crippen molar-refractivity contribution in [2.75, 3.05) is 20.2 Å². The van der Waals surface area contributed by atoms with Crippen molar-refractivity contribution >= 4 is 38.9 Å². The highest BCUT2D eigenvalue weighted by Crippen LogP contribution is 2.36. The maximum Gasteiger partial charge on any atom is 0.410 e. The number of hydrogen-bond acceptors (Lipinski definition) is 5. The molecule has 0 bridgehead atoms. The number of likely N-dealkylation sites (tertiary alicyclic amines) is 1. The Labute approximate surface area is 192 Å². The van der Waals surface area contributed by atoms with E-state index in [1.54, 1.807) is 4.90 Å². The minimum atomic E-state index is -0.484. The van der Waals surface area contributed by atoms with Crippen LogP contribution < -0.4 is 0 Å². The maximum absolute atomic E-state index is 12.4. The van der Waals surface area contributed by atoms with Gasteiger partial charge in [0.2, 0.25) is 0 Å². The number of piperidine rings is 1. The lowest BCUT2D eigenvalue weighted by Crippen LogP contribution is -2.41. The molecule has 1 saturated heterocycles. The van der Waals surface area contributed by atoms with Gasteiger partial charge < -0.3 is 14.4 Å². The number of nitrogens with zero attached hydrogens (tertiary/aromatic N) is 3. The van der Waals surface area contributed by atoms with Crippen molar-refractivity contribution in [2.24, 2.45) is 0 Å². The summed E-state index contributed by atoms with van der Waals surface area (Å²) in [7, 11) is 1.42. The lowest BCUT2D eigenvalue weighted by atomic mass is 9.92. The molecule has 0 N–H and O–H groups in total. The zero-order chi connectivity index (χ0) is 22.6. The molecular weight excluding hydrogens is 462 g/mol. The highest BCUT2D eigenvalue weighted by atomic mass is 79.9. The van der Waals surface area contributed by atoms with E-state index in [1.165, 1.54) is 7.11 Å². The summed E-state index contributed by atoms with van der Waals surface area (Å²) in [5.41, 5.74) is 1.69. The first kappa shape index (κ1) is 23.6. The molecule has 1 fully saturated rings. The molecule has 0 unspecified atom stereocenters. The fourth-order valence-corrected chi connectivity index (χ4v) is 4.53. The van der Waals surface area contributed by atoms with Crippen LogP contribution in [0.5, 0.6) is 0 Å². The van der Waals surface area contributed by atoms with Crippen molar-refractivity contribution < 1.29 is 19.1 Å². The topological polar surface area (TPSA) is 73.7 Å². The van der Waals surface area contributed by atoms with Gasteiger partial charge in [0.25, 0.3) is 0 Å². The van der Waals surface area contributed by atoms with Gasteiger partial charge in [0.15, 0.2) is 0 Å². The second-order valence-electron chi connectivity index (χ2n) is 9.02. The van der Waals surface area contributed by atoms with Gasteiger partial charge in [-0.05, 0) is 58.6 Å². The number of rotatable bonds is 6. The third-order valence-electron chi connectivity index (χ3n) is 5.52. The molecule has 0 spiro atoms. The van der Waals surface area contributed by atoms with E-state index >= 15 is 0 Å². The van der Waals surface area contributed by atoms with Gasteiger partial charge in [0.1, 0.15) is 5.60 Å². The van der Waals surface area contributed by atoms with E-state index in [0.29, 0.717) is 19.5 Å². The Hall–Kier alpha value is -2.09. The summed E-state index contributed by atoms with van der Waals surface area (Å²) < 4.78 is 13.3. The average Bonchev–Trinajstić information content (AvgIpc) is 3.10. The number of carbonyl (C=O) groups is 2. The normalized spacial score (nSPS) is 15.3. The molecule has 1 amide bonds. The van der Waals surface area contributed by atoms with Crippen LogP contribution in [-0.2, 0) is 20.8 Å². The van der Waals surface area contributed by atoms with Crippen LogP contribution >= 0.6 is 15.9 Å². The van der Waals surface area contributed by atoms with E-state index < -0.39 is 5.60 Å². The predicted octanol–water partition coefficient (Wildman–Crippen LogP) is 5.26. The van der Waals surface area contributed by atoms with E-state index in [-0.39, 0.29) is 18.0 Å². The molecule has 1 aromatic carbocycles. The van der Waals surface area contributed by atoms with Crippen LogP contribution in [0.4, 0.5) is 4.79 Å². The molecule has 8 heteroatoms. The molecule has 0 radical (unpaired) electrons. The fraction of sp³-hybridized carbons (Fsp3) is 0.609. The Bertz CT molecular complexity index is 927. The monoisotopic (exact) mass is 493 g/mol. The molecule has 3 rings (SSSR count). The molecule has 170 valence electrons. The first-order chi connectivity index (χ1) is 14.7. The largest absolute Gasteiger partial charge is 0.469 e. The van der Waals surface area contributed by atoms with Gasteiger partial charge in [-0.3, -0.25) is 9.48 Å². The predicted molar refractivity (Wildman–Crippen MR) is 123 cm³/mol. The molecule has 0 aliphatic carbocycles. The quantitative estimate of drug-likeness (QED) is 0.405. The lowest BCUT2D eigenvalue weighted by Gasteiger charge is -2.33. The number of unbranched alkanes of at least 4 members (excludes halogenated alkanes) is 1. The first-order valence-corrected chi connectivity index (χ1v) is 11.7. The minimum absolute atomic E-state index is 0.175. The number of ether oxygens (including phenoxy) is 2. The van der Waals surface area contributed by atoms with E-state index in [1.807, 2.05) is 37.6 Å². The van der Waals surface area contributed by atoms with Crippen LogP contribution in [-0.4, -0.2) is 52.5 Å². The van der Waals surface area contributed by atoms with Crippen LogP contribution in [0.15, 0.2) is 22.7 Å². The van der Waals surface area contributed by atoms with Crippen molar-refractivity contribution in [3.8, 4) is 0 Å². The van der Waals surface area contributed by atoms with Crippen LogP contribution in [0.25, 0.3) is 10.9 Å². The van der Waals surface area contributed by atoms with Gasteiger partial charge in [0.05, 0.1) is 18.3 Å². The van der Waals surface area contributed by atoms with Gasteiger partial charge in [-0.2, -0.15) is 5.10 Å². The van der Waals surface area contributed by atoms with Gasteiger partial charge >= 0.3 is 12.1 Å². The maximum atomic E-state index is 12.4. The number of benzene rings is 1. The smallest absolute Gasteiger partial charge is 0.410 e. The van der Waals surface area contributed by atoms with Crippen molar-refractivity contribution in [3.05, 3.63) is 28.4 Å². The van der Waals surface area contributed by atoms with Crippen LogP contribution in [0.2, 0.25) is 0 Å². The summed E-state index contributed by atoms with van der Waals surface area (Å²) in [4.78, 5) is 25.5. The van der Waals surface area contributed by atoms with Gasteiger partial charge in [-0.25, -0.2) is 4.79 Å². The molecule has 2 heterocycles. The summed E-state index contributed by atoms with van der Waals surface area (Å²) in [5, 5.41) is 6.12. The molecule has 0 atom stereocenters. The van der Waals surface area contributed by atoms with Gasteiger partial charge in [-0.15, -0.1) is 0 Å². The molecule has 31 heavy (non-hydrogen) atoms. The van der Waals surface area contributed by atoms with Crippen molar-refractivity contribution in [3.63, 3.8) is 0 Å². The molecule has 1 aliphatic heterocycles. The Morgan fingerprint density at radius 3 is 2.55 bits per heavy atom. The average molecular weight is 494 g/mol. The number of carbonyl (C=O) groups excluding carboxylic acids is 2. The number of halogens is 1. The molecule has 2 aromatic rings. The number of aryl methyl sites for hydroxylation is 1. The first-order valence-electron chi connectivity index (χ1n) is 10.9. The van der Waals surface area contributed by atoms with E-state index in [0.717, 1.165) is 53.3 Å². The number of esters is 1. The van der Waals surface area contributed by atoms with Gasteiger partial charge in [0, 0.05) is 41.8 Å². The van der Waals surface area contributed by atoms with E-state index in [2.05, 4.69) is 22.0 Å². The van der Waals surface area contributed by atoms with Crippen LogP contribution in [0.3, 0.4) is 0 Å². The molecule has 7 nitrogen and oxygen atoms in total. The Kier molecular flexibility index (Phi) is 7.62. The van der Waals surface area contributed by atoms with Crippen molar-refractivity contribution in [1.29, 1.82) is 0 Å². The number of aromatic nitrogens is 2. The molecular formula is C23H32BrN3O4. The highest BCUT2D eigenvalue weighted by molar-refractivity contribution is 9.10. The Morgan fingerprint density at radius 2 is 1.90 bits per heavy atom. The highest BCUT2D eigenvalue weighted by Gasteiger charge is 2.30. The second kappa shape index (κ2) is 10.0. The number of methoxy groups -OCH3 is 1. The van der Waals surface area contributed by atoms with E-state index in [9.17, 15) is 9.59 Å². The number of fused-ring (bicyclic) bond motifs is 1. The summed E-state index contributed by atoms with van der Waals surface area (Å²) >= 11 is 3.71. The minimum Gasteiger partial charge on any atom is -0.469 e. The second-order valence-corrected chi connectivity index (χ2v) is 9.87. The number of hydrogen-bond donors (Lipinski definition) is 0. The van der Waals surface area contributed by atoms with Crippen molar-refractivity contribution in [1.82, 2.24) is 14.7 Å². The third kappa shape index (κ3) is 5.99. The number of amides is 1. The summed E-state index contributed by atoms with van der Waals surface area (Å²) in [6, 6.07) is 6.16.